The Kier molecular flexibility index (Phi) is 2.27. The molecule has 58 valence electrons. The summed E-state index contributed by atoms with van der Waals surface area (Å²) < 4.78 is 1.79. The molecule has 1 heterocycles. The predicted octanol–water partition coefficient (Wildman–Crippen LogP) is 1.41. The van der Waals surface area contributed by atoms with Crippen molar-refractivity contribution in [3.8, 4) is 6.07 Å². The van der Waals surface area contributed by atoms with Crippen molar-refractivity contribution in [1.82, 2.24) is 9.78 Å². The van der Waals surface area contributed by atoms with Crippen LogP contribution in [0, 0.1) is 17.2 Å². The Balaban J connectivity index is 2.67. The standard InChI is InChI=1S/C8H11N3/c1-7(2)6-11-4-3-8(5-9)10-11/h3-4,7H,6H2,1-2H3. The van der Waals surface area contributed by atoms with Gasteiger partial charge in [-0.25, -0.2) is 0 Å². The fourth-order valence-corrected chi connectivity index (χ4v) is 0.897. The van der Waals surface area contributed by atoms with Crippen LogP contribution >= 0.6 is 0 Å². The molecule has 0 aliphatic rings. The molecule has 0 fully saturated rings. The maximum Gasteiger partial charge on any atom is 0.162 e. The van der Waals surface area contributed by atoms with Crippen molar-refractivity contribution < 1.29 is 0 Å². The lowest BCUT2D eigenvalue weighted by atomic mass is 10.2. The minimum Gasteiger partial charge on any atom is -0.271 e. The second-order valence-corrected chi connectivity index (χ2v) is 2.93. The molecule has 0 saturated carbocycles. The van der Waals surface area contributed by atoms with Gasteiger partial charge in [0.15, 0.2) is 5.69 Å². The Morgan fingerprint density at radius 3 is 2.91 bits per heavy atom. The third-order valence-corrected chi connectivity index (χ3v) is 1.31. The van der Waals surface area contributed by atoms with Crippen LogP contribution in [0.5, 0.6) is 0 Å². The molecule has 11 heavy (non-hydrogen) atoms. The van der Waals surface area contributed by atoms with Gasteiger partial charge < -0.3 is 0 Å². The molecule has 0 aliphatic carbocycles. The third-order valence-electron chi connectivity index (χ3n) is 1.31. The van der Waals surface area contributed by atoms with E-state index in [-0.39, 0.29) is 0 Å². The summed E-state index contributed by atoms with van der Waals surface area (Å²) in [6.45, 7) is 5.11. The number of hydrogen-bond donors (Lipinski definition) is 0. The van der Waals surface area contributed by atoms with E-state index in [1.165, 1.54) is 0 Å². The molecule has 1 aromatic rings. The van der Waals surface area contributed by atoms with Gasteiger partial charge in [0, 0.05) is 12.7 Å². The molecule has 0 saturated heterocycles. The Hall–Kier alpha value is -1.30. The SMILES string of the molecule is CC(C)Cn1ccc(C#N)n1. The summed E-state index contributed by atoms with van der Waals surface area (Å²) in [7, 11) is 0. The summed E-state index contributed by atoms with van der Waals surface area (Å²) in [5.74, 6) is 0.571. The van der Waals surface area contributed by atoms with Gasteiger partial charge in [-0.1, -0.05) is 13.8 Å². The summed E-state index contributed by atoms with van der Waals surface area (Å²) in [6, 6.07) is 3.71. The number of aromatic nitrogens is 2. The molecule has 0 unspecified atom stereocenters. The average Bonchev–Trinajstić information content (AvgIpc) is 2.34. The highest BCUT2D eigenvalue weighted by Gasteiger charge is 1.98. The van der Waals surface area contributed by atoms with Gasteiger partial charge in [0.2, 0.25) is 0 Å². The van der Waals surface area contributed by atoms with Crippen molar-refractivity contribution in [3.63, 3.8) is 0 Å². The van der Waals surface area contributed by atoms with E-state index in [2.05, 4.69) is 18.9 Å². The van der Waals surface area contributed by atoms with E-state index in [0.29, 0.717) is 11.6 Å². The van der Waals surface area contributed by atoms with Gasteiger partial charge in [-0.3, -0.25) is 4.68 Å². The zero-order valence-electron chi connectivity index (χ0n) is 6.78. The van der Waals surface area contributed by atoms with Crippen LogP contribution in [-0.2, 0) is 6.54 Å². The molecule has 0 amide bonds. The number of hydrogen-bond acceptors (Lipinski definition) is 2. The van der Waals surface area contributed by atoms with Gasteiger partial charge >= 0.3 is 0 Å². The summed E-state index contributed by atoms with van der Waals surface area (Å²) in [6.07, 6.45) is 1.83. The zero-order valence-corrected chi connectivity index (χ0v) is 6.78. The fourth-order valence-electron chi connectivity index (χ4n) is 0.897. The second kappa shape index (κ2) is 3.20. The van der Waals surface area contributed by atoms with Gasteiger partial charge in [0.25, 0.3) is 0 Å². The molecule has 3 heteroatoms. The Bertz CT molecular complexity index is 267. The Labute approximate surface area is 66.3 Å². The molecular weight excluding hydrogens is 138 g/mol. The first-order valence-corrected chi connectivity index (χ1v) is 3.66. The summed E-state index contributed by atoms with van der Waals surface area (Å²) >= 11 is 0. The molecule has 0 atom stereocenters. The van der Waals surface area contributed by atoms with Gasteiger partial charge in [-0.2, -0.15) is 10.4 Å². The predicted molar refractivity (Wildman–Crippen MR) is 41.8 cm³/mol. The first-order valence-electron chi connectivity index (χ1n) is 3.66. The average molecular weight is 149 g/mol. The minimum atomic E-state index is 0.491. The summed E-state index contributed by atoms with van der Waals surface area (Å²) in [5.41, 5.74) is 0.491. The number of rotatable bonds is 2. The van der Waals surface area contributed by atoms with E-state index in [0.717, 1.165) is 6.54 Å². The van der Waals surface area contributed by atoms with Crippen LogP contribution in [0.2, 0.25) is 0 Å². The molecule has 0 N–H and O–H groups in total. The van der Waals surface area contributed by atoms with Crippen molar-refractivity contribution in [2.45, 2.75) is 20.4 Å². The smallest absolute Gasteiger partial charge is 0.162 e. The first-order chi connectivity index (χ1) is 5.22. The highest BCUT2D eigenvalue weighted by molar-refractivity contribution is 5.16. The van der Waals surface area contributed by atoms with Gasteiger partial charge in [-0.15, -0.1) is 0 Å². The van der Waals surface area contributed by atoms with E-state index >= 15 is 0 Å². The van der Waals surface area contributed by atoms with Crippen LogP contribution in [0.25, 0.3) is 0 Å². The topological polar surface area (TPSA) is 41.6 Å². The second-order valence-electron chi connectivity index (χ2n) is 2.93. The molecule has 0 spiro atoms. The number of nitriles is 1. The van der Waals surface area contributed by atoms with Gasteiger partial charge in [0.1, 0.15) is 6.07 Å². The van der Waals surface area contributed by atoms with Crippen LogP contribution in [-0.4, -0.2) is 9.78 Å². The van der Waals surface area contributed by atoms with E-state index in [9.17, 15) is 0 Å². The van der Waals surface area contributed by atoms with E-state index in [4.69, 9.17) is 5.26 Å². The number of nitrogens with zero attached hydrogens (tertiary/aromatic N) is 3. The van der Waals surface area contributed by atoms with Gasteiger partial charge in [-0.05, 0) is 12.0 Å². The van der Waals surface area contributed by atoms with Crippen molar-refractivity contribution >= 4 is 0 Å². The maximum atomic E-state index is 8.46. The van der Waals surface area contributed by atoms with Crippen molar-refractivity contribution in [2.75, 3.05) is 0 Å². The quantitative estimate of drug-likeness (QED) is 0.638. The zero-order chi connectivity index (χ0) is 8.27. The van der Waals surface area contributed by atoms with Crippen LogP contribution < -0.4 is 0 Å². The molecule has 0 radical (unpaired) electrons. The Morgan fingerprint density at radius 2 is 2.45 bits per heavy atom. The summed E-state index contributed by atoms with van der Waals surface area (Å²) in [5, 5.41) is 12.5. The van der Waals surface area contributed by atoms with E-state index in [1.54, 1.807) is 10.7 Å². The van der Waals surface area contributed by atoms with Crippen LogP contribution in [0.4, 0.5) is 0 Å². The third kappa shape index (κ3) is 2.08. The molecule has 3 nitrogen and oxygen atoms in total. The molecular formula is C8H11N3. The maximum absolute atomic E-state index is 8.46. The van der Waals surface area contributed by atoms with Gasteiger partial charge in [0.05, 0.1) is 0 Å². The van der Waals surface area contributed by atoms with Crippen molar-refractivity contribution in [1.29, 1.82) is 5.26 Å². The molecule has 0 aromatic carbocycles. The van der Waals surface area contributed by atoms with E-state index in [1.807, 2.05) is 12.3 Å². The highest BCUT2D eigenvalue weighted by Crippen LogP contribution is 1.99. The van der Waals surface area contributed by atoms with Crippen LogP contribution in [0.1, 0.15) is 19.5 Å². The summed E-state index contributed by atoms with van der Waals surface area (Å²) in [4.78, 5) is 0. The van der Waals surface area contributed by atoms with Crippen LogP contribution in [0.3, 0.4) is 0 Å². The molecule has 1 rings (SSSR count). The monoisotopic (exact) mass is 149 g/mol. The normalized spacial score (nSPS) is 10.0. The van der Waals surface area contributed by atoms with E-state index < -0.39 is 0 Å². The first kappa shape index (κ1) is 7.80. The molecule has 0 bridgehead atoms. The molecule has 1 aromatic heterocycles. The fraction of sp³-hybridized carbons (Fsp3) is 0.500. The lowest BCUT2D eigenvalue weighted by molar-refractivity contribution is 0.482. The Morgan fingerprint density at radius 1 is 1.73 bits per heavy atom. The lowest BCUT2D eigenvalue weighted by Crippen LogP contribution is -2.04. The minimum absolute atomic E-state index is 0.491. The lowest BCUT2D eigenvalue weighted by Gasteiger charge is -2.02. The van der Waals surface area contributed by atoms with Crippen molar-refractivity contribution in [2.24, 2.45) is 5.92 Å². The van der Waals surface area contributed by atoms with Crippen molar-refractivity contribution in [3.05, 3.63) is 18.0 Å². The molecule has 0 aliphatic heterocycles. The highest BCUT2D eigenvalue weighted by atomic mass is 15.3. The van der Waals surface area contributed by atoms with Crippen LogP contribution in [0.15, 0.2) is 12.3 Å². The largest absolute Gasteiger partial charge is 0.271 e.